The number of carbonyl (C=O) groups is 2. The molecule has 3 aromatic rings. The summed E-state index contributed by atoms with van der Waals surface area (Å²) in [4.78, 5) is 28.0. The van der Waals surface area contributed by atoms with Gasteiger partial charge in [0.2, 0.25) is 11.8 Å². The molecule has 0 fully saturated rings. The highest BCUT2D eigenvalue weighted by Gasteiger charge is 2.07. The summed E-state index contributed by atoms with van der Waals surface area (Å²) in [5.41, 5.74) is 2.81. The molecule has 1 aromatic heterocycles. The fourth-order valence-corrected chi connectivity index (χ4v) is 3.53. The van der Waals surface area contributed by atoms with Crippen molar-refractivity contribution < 1.29 is 14.3 Å². The molecule has 8 heteroatoms. The van der Waals surface area contributed by atoms with Gasteiger partial charge in [0.25, 0.3) is 0 Å². The van der Waals surface area contributed by atoms with Crippen LogP contribution in [0.2, 0.25) is 0 Å². The molecule has 0 saturated heterocycles. The molecule has 1 heterocycles. The van der Waals surface area contributed by atoms with Gasteiger partial charge in [0.15, 0.2) is 0 Å². The maximum atomic E-state index is 12.3. The largest absolute Gasteiger partial charge is 0.487 e. The summed E-state index contributed by atoms with van der Waals surface area (Å²) in [5, 5.41) is 8.47. The maximum absolute atomic E-state index is 12.3. The highest BCUT2D eigenvalue weighted by atomic mass is 79.9. The van der Waals surface area contributed by atoms with Gasteiger partial charge in [-0.25, -0.2) is 4.98 Å². The molecule has 0 saturated carbocycles. The van der Waals surface area contributed by atoms with Crippen LogP contribution in [0.1, 0.15) is 23.2 Å². The first-order valence-corrected chi connectivity index (χ1v) is 10.8. The van der Waals surface area contributed by atoms with E-state index in [9.17, 15) is 9.59 Å². The number of benzene rings is 2. The van der Waals surface area contributed by atoms with Crippen molar-refractivity contribution in [3.05, 3.63) is 74.7 Å². The number of hydrogen-bond acceptors (Lipinski definition) is 5. The second kappa shape index (κ2) is 10.2. The van der Waals surface area contributed by atoms with Crippen molar-refractivity contribution in [3.8, 4) is 5.75 Å². The van der Waals surface area contributed by atoms with Gasteiger partial charge in [-0.1, -0.05) is 28.1 Å². The van der Waals surface area contributed by atoms with Gasteiger partial charge in [-0.2, -0.15) is 0 Å². The number of carbonyl (C=O) groups excluding carboxylic acids is 2. The van der Waals surface area contributed by atoms with E-state index in [0.29, 0.717) is 18.0 Å². The Hall–Kier alpha value is -2.97. The number of amides is 2. The van der Waals surface area contributed by atoms with Crippen LogP contribution in [0, 0.1) is 6.92 Å². The van der Waals surface area contributed by atoms with Crippen LogP contribution in [0.3, 0.4) is 0 Å². The van der Waals surface area contributed by atoms with E-state index >= 15 is 0 Å². The highest BCUT2D eigenvalue weighted by molar-refractivity contribution is 9.10. The third-order valence-electron chi connectivity index (χ3n) is 3.91. The van der Waals surface area contributed by atoms with E-state index in [1.165, 1.54) is 13.0 Å². The first-order valence-electron chi connectivity index (χ1n) is 9.09. The molecule has 2 amide bonds. The third-order valence-corrected chi connectivity index (χ3v) is 5.23. The second-order valence-corrected chi connectivity index (χ2v) is 8.39. The van der Waals surface area contributed by atoms with Crippen LogP contribution in [0.4, 0.5) is 11.4 Å². The normalized spacial score (nSPS) is 10.8. The molecule has 30 heavy (non-hydrogen) atoms. The summed E-state index contributed by atoms with van der Waals surface area (Å²) in [7, 11) is 0. The zero-order chi connectivity index (χ0) is 21.5. The molecule has 0 radical (unpaired) electrons. The summed E-state index contributed by atoms with van der Waals surface area (Å²) >= 11 is 4.96. The number of aryl methyl sites for hydroxylation is 1. The van der Waals surface area contributed by atoms with E-state index in [0.717, 1.165) is 26.5 Å². The van der Waals surface area contributed by atoms with Gasteiger partial charge in [-0.3, -0.25) is 9.59 Å². The lowest BCUT2D eigenvalue weighted by atomic mass is 10.2. The molecule has 0 aliphatic heterocycles. The molecule has 2 N–H and O–H groups in total. The summed E-state index contributed by atoms with van der Waals surface area (Å²) in [6.07, 6.45) is 3.14. The Labute approximate surface area is 187 Å². The van der Waals surface area contributed by atoms with E-state index in [1.807, 2.05) is 36.6 Å². The molecular formula is C22H20BrN3O3S. The van der Waals surface area contributed by atoms with Gasteiger partial charge in [0, 0.05) is 22.9 Å². The van der Waals surface area contributed by atoms with Crippen molar-refractivity contribution in [3.63, 3.8) is 0 Å². The topological polar surface area (TPSA) is 80.3 Å². The van der Waals surface area contributed by atoms with Gasteiger partial charge in [0.05, 0.1) is 22.1 Å². The molecule has 6 nitrogen and oxygen atoms in total. The molecule has 0 aliphatic carbocycles. The van der Waals surface area contributed by atoms with Crippen LogP contribution < -0.4 is 15.4 Å². The van der Waals surface area contributed by atoms with E-state index in [4.69, 9.17) is 4.74 Å². The van der Waals surface area contributed by atoms with Crippen molar-refractivity contribution in [2.24, 2.45) is 0 Å². The average Bonchev–Trinajstić information content (AvgIpc) is 3.12. The van der Waals surface area contributed by atoms with Crippen molar-refractivity contribution >= 4 is 56.5 Å². The summed E-state index contributed by atoms with van der Waals surface area (Å²) in [5.74, 6) is 0.214. The zero-order valence-corrected chi connectivity index (χ0v) is 18.8. The first kappa shape index (κ1) is 21.7. The minimum atomic E-state index is -0.307. The van der Waals surface area contributed by atoms with E-state index in [1.54, 1.807) is 35.6 Å². The van der Waals surface area contributed by atoms with Gasteiger partial charge < -0.3 is 15.4 Å². The van der Waals surface area contributed by atoms with Gasteiger partial charge in [-0.15, -0.1) is 11.3 Å². The van der Waals surface area contributed by atoms with Gasteiger partial charge in [-0.05, 0) is 48.9 Å². The fourth-order valence-electron chi connectivity index (χ4n) is 2.57. The average molecular weight is 486 g/mol. The van der Waals surface area contributed by atoms with Crippen molar-refractivity contribution in [1.82, 2.24) is 4.98 Å². The van der Waals surface area contributed by atoms with Crippen LogP contribution in [0.5, 0.6) is 5.75 Å². The fraction of sp³-hybridized carbons (Fsp3) is 0.136. The first-order chi connectivity index (χ1) is 14.4. The molecule has 0 atom stereocenters. The number of aromatic nitrogens is 1. The lowest BCUT2D eigenvalue weighted by molar-refractivity contribution is -0.114. The number of anilines is 2. The van der Waals surface area contributed by atoms with E-state index in [2.05, 4.69) is 31.5 Å². The van der Waals surface area contributed by atoms with Crippen LogP contribution in [0.25, 0.3) is 6.08 Å². The summed E-state index contributed by atoms with van der Waals surface area (Å²) in [6.45, 7) is 3.80. The minimum absolute atomic E-state index is 0.212. The Morgan fingerprint density at radius 3 is 2.57 bits per heavy atom. The SMILES string of the molecule is CC(=O)Nc1ccc(Br)cc1NC(=O)C=Cc1ccc(OCc2csc(C)n2)cc1. The van der Waals surface area contributed by atoms with E-state index in [-0.39, 0.29) is 11.8 Å². The molecule has 0 aliphatic rings. The molecule has 3 rings (SSSR count). The van der Waals surface area contributed by atoms with Gasteiger partial charge in [0.1, 0.15) is 12.4 Å². The quantitative estimate of drug-likeness (QED) is 0.438. The smallest absolute Gasteiger partial charge is 0.248 e. The number of hydrogen-bond donors (Lipinski definition) is 2. The zero-order valence-electron chi connectivity index (χ0n) is 16.4. The number of thiazole rings is 1. The second-order valence-electron chi connectivity index (χ2n) is 6.41. The monoisotopic (exact) mass is 485 g/mol. The molecule has 2 aromatic carbocycles. The predicted molar refractivity (Wildman–Crippen MR) is 124 cm³/mol. The van der Waals surface area contributed by atoms with Crippen LogP contribution in [0.15, 0.2) is 58.4 Å². The summed E-state index contributed by atoms with van der Waals surface area (Å²) in [6, 6.07) is 12.7. The van der Waals surface area contributed by atoms with Crippen molar-refractivity contribution in [2.75, 3.05) is 10.6 Å². The van der Waals surface area contributed by atoms with Crippen molar-refractivity contribution in [1.29, 1.82) is 0 Å². The van der Waals surface area contributed by atoms with Crippen LogP contribution in [-0.2, 0) is 16.2 Å². The third kappa shape index (κ3) is 6.53. The minimum Gasteiger partial charge on any atom is -0.487 e. The highest BCUT2D eigenvalue weighted by Crippen LogP contribution is 2.26. The Morgan fingerprint density at radius 2 is 1.90 bits per heavy atom. The Bertz CT molecular complexity index is 1080. The predicted octanol–water partition coefficient (Wildman–Crippen LogP) is 5.40. The molecular weight excluding hydrogens is 466 g/mol. The van der Waals surface area contributed by atoms with E-state index < -0.39 is 0 Å². The molecule has 0 unspecified atom stereocenters. The van der Waals surface area contributed by atoms with Crippen LogP contribution in [-0.4, -0.2) is 16.8 Å². The Morgan fingerprint density at radius 1 is 1.13 bits per heavy atom. The lowest BCUT2D eigenvalue weighted by Gasteiger charge is -2.10. The Balaban J connectivity index is 1.58. The molecule has 0 spiro atoms. The Kier molecular flexibility index (Phi) is 7.37. The molecule has 0 bridgehead atoms. The summed E-state index contributed by atoms with van der Waals surface area (Å²) < 4.78 is 6.51. The number of nitrogens with zero attached hydrogens (tertiary/aromatic N) is 1. The standard InChI is InChI=1S/C22H20BrN3O3S/c1-14(27)24-20-9-6-17(23)11-21(20)26-22(28)10-5-16-3-7-19(8-4-16)29-12-18-13-30-15(2)25-18/h3-11,13H,12H2,1-2H3,(H,24,27)(H,26,28). The lowest BCUT2D eigenvalue weighted by Crippen LogP contribution is -2.13. The number of rotatable bonds is 7. The van der Waals surface area contributed by atoms with Gasteiger partial charge >= 0.3 is 0 Å². The maximum Gasteiger partial charge on any atom is 0.248 e. The molecule has 154 valence electrons. The van der Waals surface area contributed by atoms with Crippen LogP contribution >= 0.6 is 27.3 Å². The van der Waals surface area contributed by atoms with Crippen molar-refractivity contribution in [2.45, 2.75) is 20.5 Å². The number of ether oxygens (including phenoxy) is 1. The number of nitrogens with one attached hydrogen (secondary N) is 2. The number of halogens is 1.